The molecule has 3 fully saturated rings. The normalized spacial score (nSPS) is 27.9. The zero-order valence-electron chi connectivity index (χ0n) is 25.8. The fourth-order valence-corrected chi connectivity index (χ4v) is 8.54. The number of amides is 4. The summed E-state index contributed by atoms with van der Waals surface area (Å²) in [4.78, 5) is 61.2. The van der Waals surface area contributed by atoms with Gasteiger partial charge in [0.2, 0.25) is 11.8 Å². The van der Waals surface area contributed by atoms with Gasteiger partial charge in [-0.25, -0.2) is 4.98 Å². The maximum absolute atomic E-state index is 15.1. The number of imide groups is 2. The fourth-order valence-electron chi connectivity index (χ4n) is 8.20. The molecule has 15 heteroatoms. The number of hydrogen-bond donors (Lipinski definition) is 2. The van der Waals surface area contributed by atoms with Crippen molar-refractivity contribution in [3.05, 3.63) is 93.1 Å². The van der Waals surface area contributed by atoms with Gasteiger partial charge in [-0.3, -0.25) is 29.5 Å². The summed E-state index contributed by atoms with van der Waals surface area (Å²) < 4.78 is 45.4. The fraction of sp³-hybridized carbons (Fsp3) is 0.324. The summed E-state index contributed by atoms with van der Waals surface area (Å²) in [6.45, 7) is 0. The van der Waals surface area contributed by atoms with E-state index in [0.717, 1.165) is 4.90 Å². The molecule has 7 rings (SSSR count). The number of nitrogens with one attached hydrogen (secondary N) is 1. The van der Waals surface area contributed by atoms with Gasteiger partial charge < -0.3 is 9.84 Å². The van der Waals surface area contributed by atoms with Crippen molar-refractivity contribution in [2.45, 2.75) is 30.4 Å². The van der Waals surface area contributed by atoms with Crippen LogP contribution in [0.3, 0.4) is 0 Å². The van der Waals surface area contributed by atoms with Gasteiger partial charge in [0.15, 0.2) is 17.3 Å². The minimum atomic E-state index is -4.74. The number of hydrazine groups is 1. The number of allylic oxidation sites excluding steroid dienone is 2. The summed E-state index contributed by atoms with van der Waals surface area (Å²) in [5.74, 6) is -6.92. The van der Waals surface area contributed by atoms with Gasteiger partial charge in [-0.1, -0.05) is 53.1 Å². The van der Waals surface area contributed by atoms with Gasteiger partial charge in [0.25, 0.3) is 11.8 Å². The lowest BCUT2D eigenvalue weighted by Crippen LogP contribution is -2.53. The number of likely N-dealkylation sites (tertiary alicyclic amines) is 1. The van der Waals surface area contributed by atoms with E-state index in [0.29, 0.717) is 39.0 Å². The van der Waals surface area contributed by atoms with E-state index in [2.05, 4.69) is 10.4 Å². The van der Waals surface area contributed by atoms with Crippen LogP contribution in [-0.4, -0.2) is 57.8 Å². The van der Waals surface area contributed by atoms with Gasteiger partial charge in [0.1, 0.15) is 0 Å². The van der Waals surface area contributed by atoms with Crippen molar-refractivity contribution >= 4 is 52.6 Å². The summed E-state index contributed by atoms with van der Waals surface area (Å²) in [6.07, 6.45) is -2.17. The molecule has 2 aliphatic heterocycles. The molecule has 3 heterocycles. The highest BCUT2D eigenvalue weighted by Crippen LogP contribution is 2.64. The number of alkyl halides is 3. The quantitative estimate of drug-likeness (QED) is 0.253. The number of phenolic OH excluding ortho intramolecular Hbond substituents is 1. The van der Waals surface area contributed by atoms with E-state index in [4.69, 9.17) is 27.9 Å². The first-order chi connectivity index (χ1) is 23.2. The Morgan fingerprint density at radius 3 is 2.35 bits per heavy atom. The largest absolute Gasteiger partial charge is 0.504 e. The predicted octanol–water partition coefficient (Wildman–Crippen LogP) is 5.74. The molecule has 4 amide bonds. The molecule has 0 bridgehead atoms. The maximum Gasteiger partial charge on any atom is 0.417 e. The minimum absolute atomic E-state index is 0.0158. The van der Waals surface area contributed by atoms with Crippen LogP contribution >= 0.6 is 23.2 Å². The highest BCUT2D eigenvalue weighted by molar-refractivity contribution is 6.33. The number of aromatic nitrogens is 1. The Morgan fingerprint density at radius 2 is 1.71 bits per heavy atom. The Bertz CT molecular complexity index is 1970. The molecule has 3 aromatic rings. The Balaban J connectivity index is 1.45. The molecule has 2 aliphatic carbocycles. The van der Waals surface area contributed by atoms with Crippen molar-refractivity contribution in [3.8, 4) is 11.5 Å². The van der Waals surface area contributed by atoms with E-state index in [1.807, 2.05) is 6.08 Å². The average molecular weight is 716 g/mol. The molecule has 1 saturated carbocycles. The second kappa shape index (κ2) is 11.5. The lowest BCUT2D eigenvalue weighted by molar-refractivity contribution is -0.140. The van der Waals surface area contributed by atoms with Crippen LogP contribution in [0.15, 0.2) is 66.4 Å². The Kier molecular flexibility index (Phi) is 7.71. The Morgan fingerprint density at radius 1 is 1.00 bits per heavy atom. The lowest BCUT2D eigenvalue weighted by atomic mass is 9.49. The number of benzene rings is 2. The number of pyridine rings is 1. The molecule has 2 N–H and O–H groups in total. The summed E-state index contributed by atoms with van der Waals surface area (Å²) in [6, 6.07) is 11.6. The van der Waals surface area contributed by atoms with E-state index < -0.39 is 69.5 Å². The zero-order chi connectivity index (χ0) is 35.2. The molecule has 1 aromatic heterocycles. The number of ether oxygens (including phenoxy) is 1. The summed E-state index contributed by atoms with van der Waals surface area (Å²) in [7, 11) is 2.79. The monoisotopic (exact) mass is 714 g/mol. The first kappa shape index (κ1) is 32.9. The number of phenols is 1. The zero-order valence-corrected chi connectivity index (χ0v) is 27.3. The molecule has 0 spiro atoms. The number of rotatable bonds is 5. The second-order valence-corrected chi connectivity index (χ2v) is 13.4. The van der Waals surface area contributed by atoms with Crippen LogP contribution in [-0.2, 0) is 30.8 Å². The first-order valence-electron chi connectivity index (χ1n) is 15.2. The second-order valence-electron chi connectivity index (χ2n) is 12.6. The number of anilines is 1. The molecule has 6 unspecified atom stereocenters. The van der Waals surface area contributed by atoms with Crippen molar-refractivity contribution in [1.82, 2.24) is 14.9 Å². The third-order valence-electron chi connectivity index (χ3n) is 10.3. The molecule has 6 atom stereocenters. The maximum atomic E-state index is 15.1. The highest BCUT2D eigenvalue weighted by Gasteiger charge is 2.70. The Labute approximate surface area is 287 Å². The number of halogens is 5. The van der Waals surface area contributed by atoms with E-state index in [-0.39, 0.29) is 36.1 Å². The van der Waals surface area contributed by atoms with Crippen LogP contribution in [0.2, 0.25) is 10.0 Å². The first-order valence-corrected chi connectivity index (χ1v) is 16.0. The number of methoxy groups -OCH3 is 1. The number of nitrogens with zero attached hydrogens (tertiary/aromatic N) is 3. The number of fused-ring (bicyclic) bond motifs is 4. The number of carbonyl (C=O) groups is 4. The molecule has 2 aromatic carbocycles. The van der Waals surface area contributed by atoms with E-state index in [9.17, 15) is 32.7 Å². The number of hydrogen-bond acceptors (Lipinski definition) is 8. The topological polar surface area (TPSA) is 129 Å². The van der Waals surface area contributed by atoms with Crippen molar-refractivity contribution in [1.29, 1.82) is 0 Å². The third kappa shape index (κ3) is 4.80. The summed E-state index contributed by atoms with van der Waals surface area (Å²) in [5.41, 5.74) is 1.19. The smallest absolute Gasteiger partial charge is 0.417 e. The van der Waals surface area contributed by atoms with Crippen LogP contribution in [0.25, 0.3) is 0 Å². The molecule has 4 aliphatic rings. The van der Waals surface area contributed by atoms with Gasteiger partial charge in [-0.05, 0) is 60.2 Å². The summed E-state index contributed by atoms with van der Waals surface area (Å²) >= 11 is 12.5. The van der Waals surface area contributed by atoms with Crippen LogP contribution < -0.4 is 10.2 Å². The predicted molar refractivity (Wildman–Crippen MR) is 169 cm³/mol. The molecule has 0 radical (unpaired) electrons. The third-order valence-corrected chi connectivity index (χ3v) is 10.9. The van der Waals surface area contributed by atoms with Crippen LogP contribution in [0.1, 0.15) is 35.4 Å². The van der Waals surface area contributed by atoms with Gasteiger partial charge in [-0.2, -0.15) is 18.2 Å². The number of carbonyl (C=O) groups excluding carboxylic acids is 4. The van der Waals surface area contributed by atoms with Crippen molar-refractivity contribution < 1.29 is 42.2 Å². The van der Waals surface area contributed by atoms with Gasteiger partial charge in [0, 0.05) is 24.2 Å². The van der Waals surface area contributed by atoms with Gasteiger partial charge >= 0.3 is 6.18 Å². The van der Waals surface area contributed by atoms with Crippen molar-refractivity contribution in [2.75, 3.05) is 19.6 Å². The molecular formula is C34H27Cl2F3N4O6. The molecule has 254 valence electrons. The Hall–Kier alpha value is -4.62. The molecule has 10 nitrogen and oxygen atoms in total. The SMILES string of the molecule is COc1ccc(C2C3=CCC4C(=O)N(C)C(=O)C4C3CC3C(=O)N(Nc4ncc(C(F)(F)F)cc4Cl)C(=O)C32c2ccc(Cl)cc2)cc1O. The molecular weight excluding hydrogens is 688 g/mol. The van der Waals surface area contributed by atoms with Gasteiger partial charge in [0.05, 0.1) is 40.9 Å². The highest BCUT2D eigenvalue weighted by atomic mass is 35.5. The standard InChI is InChI=1S/C34H27Cl2F3N4O6/c1-42-29(45)20-9-8-19-21(26(20)31(42)47)13-22-30(46)43(41-28-23(36)12-17(14-40-28)34(37,38)39)32(48)33(22,16-4-6-18(35)7-5-16)27(19)15-3-10-25(49-2)24(44)11-15/h3-8,10-12,14,20-22,26-27,44H,9,13H2,1-2H3,(H,40,41). The van der Waals surface area contributed by atoms with Crippen LogP contribution in [0.5, 0.6) is 11.5 Å². The van der Waals surface area contributed by atoms with E-state index >= 15 is 4.79 Å². The van der Waals surface area contributed by atoms with Crippen molar-refractivity contribution in [3.63, 3.8) is 0 Å². The summed E-state index contributed by atoms with van der Waals surface area (Å²) in [5, 5.41) is 11.5. The van der Waals surface area contributed by atoms with E-state index in [1.54, 1.807) is 30.3 Å². The minimum Gasteiger partial charge on any atom is -0.504 e. The average Bonchev–Trinajstić information content (AvgIpc) is 3.41. The van der Waals surface area contributed by atoms with Gasteiger partial charge in [-0.15, -0.1) is 0 Å². The van der Waals surface area contributed by atoms with E-state index in [1.165, 1.54) is 26.3 Å². The van der Waals surface area contributed by atoms with Crippen LogP contribution in [0.4, 0.5) is 19.0 Å². The van der Waals surface area contributed by atoms with Crippen molar-refractivity contribution in [2.24, 2.45) is 23.7 Å². The molecule has 49 heavy (non-hydrogen) atoms. The van der Waals surface area contributed by atoms with Crippen LogP contribution in [0, 0.1) is 23.7 Å². The number of aromatic hydroxyl groups is 1. The molecule has 2 saturated heterocycles. The lowest BCUT2D eigenvalue weighted by Gasteiger charge is -2.50.